The summed E-state index contributed by atoms with van der Waals surface area (Å²) in [7, 11) is 1.64. The van der Waals surface area contributed by atoms with Crippen molar-refractivity contribution in [2.24, 2.45) is 5.73 Å². The Kier molecular flexibility index (Phi) is 5.05. The Morgan fingerprint density at radius 1 is 1.18 bits per heavy atom. The topological polar surface area (TPSA) is 84.7 Å². The van der Waals surface area contributed by atoms with Crippen molar-refractivity contribution in [3.8, 4) is 5.75 Å². The first-order chi connectivity index (χ1) is 13.5. The maximum absolute atomic E-state index is 13.2. The molecule has 0 spiro atoms. The Balaban J connectivity index is 1.55. The number of nitrogens with two attached hydrogens (primary N) is 1. The maximum atomic E-state index is 13.2. The monoisotopic (exact) mass is 379 g/mol. The molecule has 1 aliphatic carbocycles. The van der Waals surface area contributed by atoms with Crippen LogP contribution in [0.25, 0.3) is 0 Å². The summed E-state index contributed by atoms with van der Waals surface area (Å²) in [5.41, 5.74) is 9.31. The summed E-state index contributed by atoms with van der Waals surface area (Å²) in [6.45, 7) is 0.576. The van der Waals surface area contributed by atoms with Crippen LogP contribution < -0.4 is 15.8 Å². The Bertz CT molecular complexity index is 890. The molecule has 2 aromatic rings. The summed E-state index contributed by atoms with van der Waals surface area (Å²) in [6.07, 6.45) is 3.34. The smallest absolute Gasteiger partial charge is 0.254 e. The third-order valence-corrected chi connectivity index (χ3v) is 5.43. The Labute approximate surface area is 164 Å². The van der Waals surface area contributed by atoms with Crippen LogP contribution in [-0.4, -0.2) is 35.9 Å². The van der Waals surface area contributed by atoms with Gasteiger partial charge >= 0.3 is 0 Å². The number of hydrogen-bond acceptors (Lipinski definition) is 4. The van der Waals surface area contributed by atoms with Crippen LogP contribution in [0.4, 0.5) is 5.69 Å². The van der Waals surface area contributed by atoms with Gasteiger partial charge in [-0.1, -0.05) is 12.1 Å². The van der Waals surface area contributed by atoms with Crippen molar-refractivity contribution in [1.82, 2.24) is 4.90 Å². The SMILES string of the molecule is COc1ccc(CN(C(=O)c2ccc3c(c2)CCC(N)C(=O)N3)C2CC2)cc1. The van der Waals surface area contributed by atoms with Gasteiger partial charge in [0.1, 0.15) is 5.75 Å². The van der Waals surface area contributed by atoms with Gasteiger partial charge in [-0.15, -0.1) is 0 Å². The lowest BCUT2D eigenvalue weighted by atomic mass is 10.0. The van der Waals surface area contributed by atoms with Gasteiger partial charge in [-0.05, 0) is 67.1 Å². The van der Waals surface area contributed by atoms with Gasteiger partial charge in [-0.25, -0.2) is 0 Å². The molecule has 0 bridgehead atoms. The molecule has 146 valence electrons. The molecule has 0 aromatic heterocycles. The van der Waals surface area contributed by atoms with Gasteiger partial charge in [0.15, 0.2) is 0 Å². The second kappa shape index (κ2) is 7.64. The molecule has 2 aromatic carbocycles. The van der Waals surface area contributed by atoms with E-state index in [0.29, 0.717) is 31.0 Å². The zero-order valence-corrected chi connectivity index (χ0v) is 16.0. The van der Waals surface area contributed by atoms with E-state index >= 15 is 0 Å². The molecule has 1 fully saturated rings. The van der Waals surface area contributed by atoms with E-state index in [1.807, 2.05) is 41.3 Å². The van der Waals surface area contributed by atoms with Crippen molar-refractivity contribution in [1.29, 1.82) is 0 Å². The number of ether oxygens (including phenoxy) is 1. The molecular weight excluding hydrogens is 354 g/mol. The lowest BCUT2D eigenvalue weighted by Gasteiger charge is -2.23. The predicted octanol–water partition coefficient (Wildman–Crippen LogP) is 2.71. The fraction of sp³-hybridized carbons (Fsp3) is 0.364. The molecule has 4 rings (SSSR count). The molecule has 1 atom stereocenters. The van der Waals surface area contributed by atoms with Crippen LogP contribution in [0.5, 0.6) is 5.75 Å². The van der Waals surface area contributed by atoms with Crippen LogP contribution in [0.15, 0.2) is 42.5 Å². The molecule has 1 aliphatic heterocycles. The van der Waals surface area contributed by atoms with Crippen LogP contribution in [-0.2, 0) is 17.8 Å². The fourth-order valence-electron chi connectivity index (χ4n) is 3.57. The van der Waals surface area contributed by atoms with Gasteiger partial charge in [-0.2, -0.15) is 0 Å². The van der Waals surface area contributed by atoms with Gasteiger partial charge in [-0.3, -0.25) is 9.59 Å². The van der Waals surface area contributed by atoms with Gasteiger partial charge in [0, 0.05) is 23.8 Å². The molecule has 2 amide bonds. The first-order valence-corrected chi connectivity index (χ1v) is 9.68. The first kappa shape index (κ1) is 18.5. The number of nitrogens with zero attached hydrogens (tertiary/aromatic N) is 1. The highest BCUT2D eigenvalue weighted by Crippen LogP contribution is 2.31. The molecule has 1 saturated carbocycles. The van der Waals surface area contributed by atoms with E-state index < -0.39 is 6.04 Å². The van der Waals surface area contributed by atoms with E-state index in [1.54, 1.807) is 13.2 Å². The molecule has 1 unspecified atom stereocenters. The number of rotatable bonds is 5. The summed E-state index contributed by atoms with van der Waals surface area (Å²) in [4.78, 5) is 27.1. The normalized spacial score (nSPS) is 18.6. The second-order valence-corrected chi connectivity index (χ2v) is 7.52. The van der Waals surface area contributed by atoms with E-state index in [9.17, 15) is 9.59 Å². The van der Waals surface area contributed by atoms with Gasteiger partial charge in [0.2, 0.25) is 5.91 Å². The van der Waals surface area contributed by atoms with Crippen LogP contribution >= 0.6 is 0 Å². The van der Waals surface area contributed by atoms with Crippen LogP contribution in [0, 0.1) is 0 Å². The number of hydrogen-bond donors (Lipinski definition) is 2. The summed E-state index contributed by atoms with van der Waals surface area (Å²) in [6, 6.07) is 13.1. The number of benzene rings is 2. The molecule has 1 heterocycles. The number of nitrogens with one attached hydrogen (secondary N) is 1. The Hall–Kier alpha value is -2.86. The van der Waals surface area contributed by atoms with Gasteiger partial charge < -0.3 is 20.7 Å². The average Bonchev–Trinajstić information content (AvgIpc) is 3.56. The van der Waals surface area contributed by atoms with Gasteiger partial charge in [0.05, 0.1) is 13.2 Å². The number of fused-ring (bicyclic) bond motifs is 1. The fourth-order valence-corrected chi connectivity index (χ4v) is 3.57. The lowest BCUT2D eigenvalue weighted by molar-refractivity contribution is -0.117. The van der Waals surface area contributed by atoms with E-state index in [4.69, 9.17) is 10.5 Å². The van der Waals surface area contributed by atoms with Crippen molar-refractivity contribution in [2.75, 3.05) is 12.4 Å². The molecule has 6 heteroatoms. The minimum absolute atomic E-state index is 0.0287. The minimum atomic E-state index is -0.510. The van der Waals surface area contributed by atoms with Crippen LogP contribution in [0.3, 0.4) is 0 Å². The van der Waals surface area contributed by atoms with E-state index in [-0.39, 0.29) is 11.8 Å². The Morgan fingerprint density at radius 3 is 2.61 bits per heavy atom. The summed E-state index contributed by atoms with van der Waals surface area (Å²) in [5.74, 6) is 0.664. The van der Waals surface area contributed by atoms with E-state index in [2.05, 4.69) is 5.32 Å². The van der Waals surface area contributed by atoms with Crippen molar-refractivity contribution < 1.29 is 14.3 Å². The van der Waals surface area contributed by atoms with Crippen molar-refractivity contribution >= 4 is 17.5 Å². The van der Waals surface area contributed by atoms with E-state index in [0.717, 1.165) is 35.4 Å². The summed E-state index contributed by atoms with van der Waals surface area (Å²) in [5, 5.41) is 2.85. The number of amides is 2. The van der Waals surface area contributed by atoms with Crippen LogP contribution in [0.2, 0.25) is 0 Å². The number of methoxy groups -OCH3 is 1. The summed E-state index contributed by atoms with van der Waals surface area (Å²) < 4.78 is 5.21. The largest absolute Gasteiger partial charge is 0.497 e. The Morgan fingerprint density at radius 2 is 1.93 bits per heavy atom. The average molecular weight is 379 g/mol. The number of aryl methyl sites for hydroxylation is 1. The zero-order chi connectivity index (χ0) is 19.7. The summed E-state index contributed by atoms with van der Waals surface area (Å²) >= 11 is 0. The molecule has 6 nitrogen and oxygen atoms in total. The maximum Gasteiger partial charge on any atom is 0.254 e. The number of carbonyl (C=O) groups excluding carboxylic acids is 2. The first-order valence-electron chi connectivity index (χ1n) is 9.68. The number of anilines is 1. The molecule has 0 saturated heterocycles. The van der Waals surface area contributed by atoms with Crippen molar-refractivity contribution in [3.63, 3.8) is 0 Å². The highest BCUT2D eigenvalue weighted by molar-refractivity contribution is 5.98. The molecule has 2 aliphatic rings. The third-order valence-electron chi connectivity index (χ3n) is 5.43. The third kappa shape index (κ3) is 3.87. The zero-order valence-electron chi connectivity index (χ0n) is 16.0. The predicted molar refractivity (Wildman–Crippen MR) is 107 cm³/mol. The molecule has 0 radical (unpaired) electrons. The van der Waals surface area contributed by atoms with Crippen LogP contribution in [0.1, 0.15) is 40.7 Å². The standard InChI is InChI=1S/C22H25N3O3/c1-28-18-8-2-14(3-9-18)13-25(17-6-7-17)22(27)16-5-11-20-15(12-16)4-10-19(23)21(26)24-20/h2-3,5,8-9,11-12,17,19H,4,6-7,10,13,23H2,1H3,(H,24,26). The molecular formula is C22H25N3O3. The lowest BCUT2D eigenvalue weighted by Crippen LogP contribution is -2.34. The van der Waals surface area contributed by atoms with Crippen molar-refractivity contribution in [3.05, 3.63) is 59.2 Å². The quantitative estimate of drug-likeness (QED) is 0.837. The van der Waals surface area contributed by atoms with Crippen molar-refractivity contribution in [2.45, 2.75) is 44.3 Å². The van der Waals surface area contributed by atoms with E-state index in [1.165, 1.54) is 0 Å². The highest BCUT2D eigenvalue weighted by atomic mass is 16.5. The number of carbonyl (C=O) groups is 2. The second-order valence-electron chi connectivity index (χ2n) is 7.52. The highest BCUT2D eigenvalue weighted by Gasteiger charge is 2.33. The minimum Gasteiger partial charge on any atom is -0.497 e. The van der Waals surface area contributed by atoms with Gasteiger partial charge in [0.25, 0.3) is 5.91 Å². The molecule has 28 heavy (non-hydrogen) atoms. The molecule has 3 N–H and O–H groups in total.